The van der Waals surface area contributed by atoms with Gasteiger partial charge in [0.25, 0.3) is 0 Å². The molecule has 0 atom stereocenters. The molecule has 0 saturated carbocycles. The summed E-state index contributed by atoms with van der Waals surface area (Å²) in [5, 5.41) is 6.39. The van der Waals surface area contributed by atoms with E-state index in [1.165, 1.54) is 7.05 Å². The van der Waals surface area contributed by atoms with E-state index >= 15 is 0 Å². The van der Waals surface area contributed by atoms with Crippen LogP contribution in [0, 0.1) is 0 Å². The van der Waals surface area contributed by atoms with Gasteiger partial charge in [-0.2, -0.15) is 0 Å². The first kappa shape index (κ1) is 21.5. The van der Waals surface area contributed by atoms with Gasteiger partial charge in [-0.15, -0.1) is 0 Å². The lowest BCUT2D eigenvalue weighted by atomic mass is 10.2. The Labute approximate surface area is 166 Å². The smallest absolute Gasteiger partial charge is 0.240 e. The van der Waals surface area contributed by atoms with Crippen LogP contribution in [0.25, 0.3) is 0 Å². The maximum Gasteiger partial charge on any atom is 0.240 e. The van der Waals surface area contributed by atoms with Crippen molar-refractivity contribution in [3.05, 3.63) is 48.0 Å². The van der Waals surface area contributed by atoms with E-state index in [0.717, 1.165) is 11.3 Å². The van der Waals surface area contributed by atoms with E-state index in [-0.39, 0.29) is 4.90 Å². The summed E-state index contributed by atoms with van der Waals surface area (Å²) in [6.07, 6.45) is 0. The van der Waals surface area contributed by atoms with Crippen LogP contribution in [0.1, 0.15) is 12.5 Å². The SMILES string of the molecule is CCNC(=NCc1ccc(S(=O)(=O)NC)cc1)Nc1ccc(OC)c(OC)c1. The van der Waals surface area contributed by atoms with Crippen molar-refractivity contribution in [3.8, 4) is 11.5 Å². The van der Waals surface area contributed by atoms with E-state index in [1.54, 1.807) is 38.5 Å². The zero-order valence-corrected chi connectivity index (χ0v) is 17.3. The highest BCUT2D eigenvalue weighted by molar-refractivity contribution is 7.89. The van der Waals surface area contributed by atoms with Gasteiger partial charge in [0.05, 0.1) is 25.7 Å². The summed E-state index contributed by atoms with van der Waals surface area (Å²) < 4.78 is 36.4. The standard InChI is InChI=1S/C19H26N4O4S/c1-5-21-19(23-15-8-11-17(26-3)18(12-15)27-4)22-13-14-6-9-16(10-7-14)28(24,25)20-2/h6-12,20H,5,13H2,1-4H3,(H2,21,22,23). The molecule has 0 unspecified atom stereocenters. The molecule has 0 saturated heterocycles. The van der Waals surface area contributed by atoms with Gasteiger partial charge >= 0.3 is 0 Å². The third kappa shape index (κ3) is 5.61. The topological polar surface area (TPSA) is 101 Å². The molecular weight excluding hydrogens is 380 g/mol. The largest absolute Gasteiger partial charge is 0.493 e. The Balaban J connectivity index is 2.14. The number of anilines is 1. The molecule has 0 bridgehead atoms. The minimum absolute atomic E-state index is 0.220. The first-order valence-corrected chi connectivity index (χ1v) is 10.2. The number of guanidine groups is 1. The summed E-state index contributed by atoms with van der Waals surface area (Å²) in [7, 11) is 1.11. The van der Waals surface area contributed by atoms with Crippen LogP contribution in [0.4, 0.5) is 5.69 Å². The van der Waals surface area contributed by atoms with Crippen LogP contribution in [0.15, 0.2) is 52.4 Å². The molecule has 0 aliphatic rings. The number of benzene rings is 2. The summed E-state index contributed by atoms with van der Waals surface area (Å²) >= 11 is 0. The van der Waals surface area contributed by atoms with Crippen LogP contribution < -0.4 is 24.8 Å². The number of methoxy groups -OCH3 is 2. The predicted molar refractivity (Wildman–Crippen MR) is 111 cm³/mol. The summed E-state index contributed by atoms with van der Waals surface area (Å²) in [5.74, 6) is 1.86. The lowest BCUT2D eigenvalue weighted by Crippen LogP contribution is -2.30. The van der Waals surface area contributed by atoms with Gasteiger partial charge in [-0.25, -0.2) is 18.1 Å². The van der Waals surface area contributed by atoms with E-state index < -0.39 is 10.0 Å². The molecule has 0 aliphatic heterocycles. The number of ether oxygens (including phenoxy) is 2. The van der Waals surface area contributed by atoms with Crippen molar-refractivity contribution in [3.63, 3.8) is 0 Å². The second kappa shape index (κ2) is 9.95. The number of sulfonamides is 1. The Morgan fingerprint density at radius 1 is 1.04 bits per heavy atom. The molecule has 2 aromatic rings. The highest BCUT2D eigenvalue weighted by atomic mass is 32.2. The third-order valence-electron chi connectivity index (χ3n) is 3.91. The average Bonchev–Trinajstić information content (AvgIpc) is 2.72. The van der Waals surface area contributed by atoms with Gasteiger partial charge in [0, 0.05) is 18.3 Å². The summed E-state index contributed by atoms with van der Waals surface area (Å²) in [5.41, 5.74) is 1.69. The first-order chi connectivity index (χ1) is 13.4. The van der Waals surface area contributed by atoms with Gasteiger partial charge in [0.2, 0.25) is 10.0 Å². The second-order valence-corrected chi connectivity index (χ2v) is 7.63. The molecule has 2 aromatic carbocycles. The number of hydrogen-bond donors (Lipinski definition) is 3. The zero-order chi connectivity index (χ0) is 20.6. The molecular formula is C19H26N4O4S. The van der Waals surface area contributed by atoms with E-state index in [0.29, 0.717) is 30.5 Å². The van der Waals surface area contributed by atoms with Crippen molar-refractivity contribution >= 4 is 21.7 Å². The molecule has 0 aliphatic carbocycles. The molecule has 152 valence electrons. The Morgan fingerprint density at radius 2 is 1.71 bits per heavy atom. The quantitative estimate of drug-likeness (QED) is 0.459. The van der Waals surface area contributed by atoms with Gasteiger partial charge in [0.15, 0.2) is 17.5 Å². The van der Waals surface area contributed by atoms with Crippen LogP contribution in [0.2, 0.25) is 0 Å². The minimum atomic E-state index is -3.44. The second-order valence-electron chi connectivity index (χ2n) is 5.74. The Morgan fingerprint density at radius 3 is 2.29 bits per heavy atom. The van der Waals surface area contributed by atoms with Crippen LogP contribution >= 0.6 is 0 Å². The van der Waals surface area contributed by atoms with Crippen LogP contribution in [0.3, 0.4) is 0 Å². The molecule has 28 heavy (non-hydrogen) atoms. The van der Waals surface area contributed by atoms with Crippen molar-refractivity contribution in [1.82, 2.24) is 10.0 Å². The van der Waals surface area contributed by atoms with Crippen LogP contribution in [0.5, 0.6) is 11.5 Å². The number of rotatable bonds is 8. The fraction of sp³-hybridized carbons (Fsp3) is 0.316. The fourth-order valence-electron chi connectivity index (χ4n) is 2.42. The van der Waals surface area contributed by atoms with Gasteiger partial charge in [-0.1, -0.05) is 12.1 Å². The molecule has 0 heterocycles. The summed E-state index contributed by atoms with van der Waals surface area (Å²) in [4.78, 5) is 4.77. The van der Waals surface area contributed by atoms with Crippen molar-refractivity contribution < 1.29 is 17.9 Å². The van der Waals surface area contributed by atoms with Crippen molar-refractivity contribution in [2.24, 2.45) is 4.99 Å². The Bertz CT molecular complexity index is 912. The van der Waals surface area contributed by atoms with E-state index in [9.17, 15) is 8.42 Å². The van der Waals surface area contributed by atoms with Crippen molar-refractivity contribution in [2.45, 2.75) is 18.4 Å². The average molecular weight is 407 g/mol. The van der Waals surface area contributed by atoms with Crippen LogP contribution in [-0.4, -0.2) is 42.2 Å². The van der Waals surface area contributed by atoms with Gasteiger partial charge in [-0.3, -0.25) is 0 Å². The summed E-state index contributed by atoms with van der Waals surface area (Å²) in [6.45, 7) is 3.06. The molecule has 0 amide bonds. The Hall–Kier alpha value is -2.78. The third-order valence-corrected chi connectivity index (χ3v) is 5.34. The maximum absolute atomic E-state index is 11.8. The molecule has 0 aromatic heterocycles. The lowest BCUT2D eigenvalue weighted by Gasteiger charge is -2.14. The molecule has 0 spiro atoms. The number of aliphatic imine (C=N–C) groups is 1. The predicted octanol–water partition coefficient (Wildman–Crippen LogP) is 2.19. The minimum Gasteiger partial charge on any atom is -0.493 e. The van der Waals surface area contributed by atoms with E-state index in [1.807, 2.05) is 25.1 Å². The number of nitrogens with zero attached hydrogens (tertiary/aromatic N) is 1. The zero-order valence-electron chi connectivity index (χ0n) is 16.4. The highest BCUT2D eigenvalue weighted by Crippen LogP contribution is 2.29. The molecule has 8 nitrogen and oxygen atoms in total. The van der Waals surface area contributed by atoms with Gasteiger partial charge in [-0.05, 0) is 43.8 Å². The normalized spacial score (nSPS) is 11.8. The van der Waals surface area contributed by atoms with Crippen LogP contribution in [-0.2, 0) is 16.6 Å². The first-order valence-electron chi connectivity index (χ1n) is 8.73. The monoisotopic (exact) mass is 406 g/mol. The molecule has 9 heteroatoms. The number of nitrogens with one attached hydrogen (secondary N) is 3. The maximum atomic E-state index is 11.8. The van der Waals surface area contributed by atoms with Crippen molar-refractivity contribution in [1.29, 1.82) is 0 Å². The van der Waals surface area contributed by atoms with Gasteiger partial charge < -0.3 is 20.1 Å². The fourth-order valence-corrected chi connectivity index (χ4v) is 3.15. The van der Waals surface area contributed by atoms with E-state index in [2.05, 4.69) is 20.3 Å². The molecule has 0 radical (unpaired) electrons. The highest BCUT2D eigenvalue weighted by Gasteiger charge is 2.10. The molecule has 2 rings (SSSR count). The Kier molecular flexibility index (Phi) is 7.65. The molecule has 0 fully saturated rings. The van der Waals surface area contributed by atoms with Gasteiger partial charge in [0.1, 0.15) is 0 Å². The number of hydrogen-bond acceptors (Lipinski definition) is 5. The molecule has 3 N–H and O–H groups in total. The summed E-state index contributed by atoms with van der Waals surface area (Å²) in [6, 6.07) is 12.1. The van der Waals surface area contributed by atoms with Crippen molar-refractivity contribution in [2.75, 3.05) is 33.1 Å². The van der Waals surface area contributed by atoms with E-state index in [4.69, 9.17) is 9.47 Å². The lowest BCUT2D eigenvalue weighted by molar-refractivity contribution is 0.355.